The number of para-hydroxylation sites is 1. The lowest BCUT2D eigenvalue weighted by Gasteiger charge is -2.17. The van der Waals surface area contributed by atoms with Crippen molar-refractivity contribution in [3.8, 4) is 17.6 Å². The van der Waals surface area contributed by atoms with Gasteiger partial charge in [0.15, 0.2) is 11.5 Å². The van der Waals surface area contributed by atoms with Crippen LogP contribution in [0.5, 0.6) is 11.5 Å². The highest BCUT2D eigenvalue weighted by Gasteiger charge is 2.26. The molecule has 1 aliphatic rings. The Bertz CT molecular complexity index is 1360. The zero-order valence-corrected chi connectivity index (χ0v) is 19.5. The van der Waals surface area contributed by atoms with Crippen LogP contribution in [0.1, 0.15) is 16.7 Å². The molecule has 3 aromatic rings. The molecule has 4 rings (SSSR count). The van der Waals surface area contributed by atoms with Gasteiger partial charge >= 0.3 is 0 Å². The number of nitro benzene ring substituents is 1. The maximum absolute atomic E-state index is 13.1. The molecule has 0 spiro atoms. The molecular weight excluding hydrogens is 470 g/mol. The summed E-state index contributed by atoms with van der Waals surface area (Å²) >= 11 is 6.44. The van der Waals surface area contributed by atoms with E-state index < -0.39 is 4.92 Å². The lowest BCUT2D eigenvalue weighted by atomic mass is 10.1. The summed E-state index contributed by atoms with van der Waals surface area (Å²) in [4.78, 5) is 25.0. The lowest BCUT2D eigenvalue weighted by Crippen LogP contribution is -2.29. The van der Waals surface area contributed by atoms with E-state index in [9.17, 15) is 20.2 Å². The van der Waals surface area contributed by atoms with E-state index in [0.29, 0.717) is 23.4 Å². The van der Waals surface area contributed by atoms with Crippen LogP contribution in [-0.4, -0.2) is 24.5 Å². The van der Waals surface area contributed by atoms with Crippen LogP contribution in [-0.2, 0) is 17.8 Å². The Morgan fingerprint density at radius 2 is 1.97 bits per heavy atom. The van der Waals surface area contributed by atoms with Crippen molar-refractivity contribution in [3.05, 3.63) is 98.1 Å². The summed E-state index contributed by atoms with van der Waals surface area (Å²) in [5.41, 5.74) is 3.05. The van der Waals surface area contributed by atoms with Gasteiger partial charge in [-0.15, -0.1) is 0 Å². The van der Waals surface area contributed by atoms with Crippen LogP contribution in [0, 0.1) is 21.4 Å². The summed E-state index contributed by atoms with van der Waals surface area (Å²) in [6.07, 6.45) is 2.21. The van der Waals surface area contributed by atoms with Gasteiger partial charge in [-0.2, -0.15) is 5.26 Å². The van der Waals surface area contributed by atoms with Crippen molar-refractivity contribution < 1.29 is 19.2 Å². The van der Waals surface area contributed by atoms with Crippen LogP contribution in [0.2, 0.25) is 5.02 Å². The van der Waals surface area contributed by atoms with Crippen molar-refractivity contribution in [2.45, 2.75) is 13.0 Å². The SMILES string of the molecule is COc1cc(C=C(C#N)C(=O)N2CCc3ccccc32)cc(Cl)c1OCc1ccc([N+](=O)[O-])cc1. The number of carbonyl (C=O) groups is 1. The topological polar surface area (TPSA) is 106 Å². The number of rotatable bonds is 7. The van der Waals surface area contributed by atoms with Gasteiger partial charge in [-0.1, -0.05) is 29.8 Å². The minimum Gasteiger partial charge on any atom is -0.493 e. The molecule has 1 amide bonds. The third-order valence-corrected chi connectivity index (χ3v) is 5.86. The number of halogens is 1. The Morgan fingerprint density at radius 1 is 1.23 bits per heavy atom. The van der Waals surface area contributed by atoms with Gasteiger partial charge in [0.1, 0.15) is 18.2 Å². The first-order valence-electron chi connectivity index (χ1n) is 10.7. The second-order valence-corrected chi connectivity index (χ2v) is 8.16. The molecule has 35 heavy (non-hydrogen) atoms. The van der Waals surface area contributed by atoms with Crippen molar-refractivity contribution in [1.82, 2.24) is 0 Å². The first-order chi connectivity index (χ1) is 16.9. The van der Waals surface area contributed by atoms with Gasteiger partial charge in [-0.05, 0) is 59.5 Å². The second kappa shape index (κ2) is 10.3. The van der Waals surface area contributed by atoms with Crippen LogP contribution >= 0.6 is 11.6 Å². The quantitative estimate of drug-likeness (QED) is 0.192. The normalized spacial score (nSPS) is 12.6. The molecule has 3 aromatic carbocycles. The second-order valence-electron chi connectivity index (χ2n) is 7.75. The highest BCUT2D eigenvalue weighted by Crippen LogP contribution is 2.38. The van der Waals surface area contributed by atoms with Gasteiger partial charge in [0.25, 0.3) is 11.6 Å². The van der Waals surface area contributed by atoms with Crippen LogP contribution in [0.3, 0.4) is 0 Å². The summed E-state index contributed by atoms with van der Waals surface area (Å²) in [5.74, 6) is 0.218. The molecule has 0 bridgehead atoms. The Hall–Kier alpha value is -4.35. The van der Waals surface area contributed by atoms with E-state index in [0.717, 1.165) is 17.7 Å². The number of non-ortho nitro benzene ring substituents is 1. The molecule has 0 aliphatic carbocycles. The number of methoxy groups -OCH3 is 1. The van der Waals surface area contributed by atoms with E-state index in [1.54, 1.807) is 29.2 Å². The Balaban J connectivity index is 1.55. The first-order valence-corrected chi connectivity index (χ1v) is 11.0. The molecule has 1 aliphatic heterocycles. The van der Waals surface area contributed by atoms with Crippen LogP contribution < -0.4 is 14.4 Å². The number of benzene rings is 3. The molecule has 9 heteroatoms. The Morgan fingerprint density at radius 3 is 2.66 bits per heavy atom. The van der Waals surface area contributed by atoms with E-state index >= 15 is 0 Å². The van der Waals surface area contributed by atoms with Crippen molar-refractivity contribution in [1.29, 1.82) is 5.26 Å². The molecule has 0 fully saturated rings. The highest BCUT2D eigenvalue weighted by atomic mass is 35.5. The van der Waals surface area contributed by atoms with E-state index in [2.05, 4.69) is 0 Å². The van der Waals surface area contributed by atoms with E-state index in [4.69, 9.17) is 21.1 Å². The van der Waals surface area contributed by atoms with Gasteiger partial charge in [-0.3, -0.25) is 14.9 Å². The lowest BCUT2D eigenvalue weighted by molar-refractivity contribution is -0.384. The van der Waals surface area contributed by atoms with Crippen molar-refractivity contribution in [2.75, 3.05) is 18.6 Å². The number of ether oxygens (including phenoxy) is 2. The maximum atomic E-state index is 13.1. The predicted molar refractivity (Wildman–Crippen MR) is 132 cm³/mol. The van der Waals surface area contributed by atoms with E-state index in [1.165, 1.54) is 25.3 Å². The molecule has 0 N–H and O–H groups in total. The number of carbonyl (C=O) groups excluding carboxylic acids is 1. The molecule has 0 atom stereocenters. The molecule has 0 saturated heterocycles. The van der Waals surface area contributed by atoms with Crippen molar-refractivity contribution in [2.24, 2.45) is 0 Å². The summed E-state index contributed by atoms with van der Waals surface area (Å²) in [6, 6.07) is 18.8. The Labute approximate surface area is 206 Å². The number of nitro groups is 1. The molecular formula is C26H20ClN3O5. The fraction of sp³-hybridized carbons (Fsp3) is 0.154. The number of nitriles is 1. The van der Waals surface area contributed by atoms with Gasteiger partial charge in [0, 0.05) is 24.4 Å². The molecule has 0 radical (unpaired) electrons. The standard InChI is InChI=1S/C26H20ClN3O5/c1-34-24-14-18(12-20(15-28)26(31)29-11-10-19-4-2-3-5-23(19)29)13-22(27)25(24)35-16-17-6-8-21(9-7-17)30(32)33/h2-9,12-14H,10-11,16H2,1H3. The third-order valence-electron chi connectivity index (χ3n) is 5.58. The summed E-state index contributed by atoms with van der Waals surface area (Å²) < 4.78 is 11.2. The van der Waals surface area contributed by atoms with Gasteiger partial charge in [-0.25, -0.2) is 0 Å². The van der Waals surface area contributed by atoms with Crippen molar-refractivity contribution in [3.63, 3.8) is 0 Å². The average Bonchev–Trinajstić information content (AvgIpc) is 3.30. The number of anilines is 1. The van der Waals surface area contributed by atoms with Crippen LogP contribution in [0.25, 0.3) is 6.08 Å². The molecule has 0 unspecified atom stereocenters. The molecule has 0 saturated carbocycles. The fourth-order valence-electron chi connectivity index (χ4n) is 3.84. The van der Waals surface area contributed by atoms with Crippen LogP contribution in [0.15, 0.2) is 66.2 Å². The molecule has 0 aromatic heterocycles. The molecule has 176 valence electrons. The smallest absolute Gasteiger partial charge is 0.269 e. The number of hydrogen-bond acceptors (Lipinski definition) is 6. The summed E-state index contributed by atoms with van der Waals surface area (Å²) in [6.45, 7) is 0.621. The van der Waals surface area contributed by atoms with E-state index in [-0.39, 0.29) is 34.5 Å². The average molecular weight is 490 g/mol. The Kier molecular flexibility index (Phi) is 6.99. The maximum Gasteiger partial charge on any atom is 0.269 e. The highest BCUT2D eigenvalue weighted by molar-refractivity contribution is 6.32. The molecule has 1 heterocycles. The summed E-state index contributed by atoms with van der Waals surface area (Å²) in [5, 5.41) is 20.7. The largest absolute Gasteiger partial charge is 0.493 e. The van der Waals surface area contributed by atoms with E-state index in [1.807, 2.05) is 30.3 Å². The number of hydrogen-bond donors (Lipinski definition) is 0. The van der Waals surface area contributed by atoms with Crippen LogP contribution in [0.4, 0.5) is 11.4 Å². The number of fused-ring (bicyclic) bond motifs is 1. The van der Waals surface area contributed by atoms with Crippen molar-refractivity contribution >= 4 is 35.0 Å². The fourth-order valence-corrected chi connectivity index (χ4v) is 4.11. The number of nitrogens with zero attached hydrogens (tertiary/aromatic N) is 3. The third kappa shape index (κ3) is 5.10. The zero-order valence-electron chi connectivity index (χ0n) is 18.7. The minimum atomic E-state index is -0.473. The number of amides is 1. The van der Waals surface area contributed by atoms with Gasteiger partial charge < -0.3 is 14.4 Å². The first kappa shape index (κ1) is 23.8. The van der Waals surface area contributed by atoms with Gasteiger partial charge in [0.05, 0.1) is 17.1 Å². The molecule has 8 nitrogen and oxygen atoms in total. The minimum absolute atomic E-state index is 0.0132. The van der Waals surface area contributed by atoms with Gasteiger partial charge in [0.2, 0.25) is 0 Å². The monoisotopic (exact) mass is 489 g/mol. The predicted octanol–water partition coefficient (Wildman–Crippen LogP) is 5.33. The zero-order chi connectivity index (χ0) is 24.9. The summed E-state index contributed by atoms with van der Waals surface area (Å²) in [7, 11) is 1.45.